The summed E-state index contributed by atoms with van der Waals surface area (Å²) in [6, 6.07) is 16.3. The molecule has 1 aliphatic carbocycles. The van der Waals surface area contributed by atoms with Gasteiger partial charge in [0.05, 0.1) is 0 Å². The molecule has 0 aromatic heterocycles. The molecule has 0 radical (unpaired) electrons. The molecule has 0 spiro atoms. The van der Waals surface area contributed by atoms with Crippen LogP contribution < -0.4 is 5.32 Å². The Hall–Kier alpha value is -2.86. The molecule has 2 aliphatic rings. The normalized spacial score (nSPS) is 18.3. The van der Waals surface area contributed by atoms with Gasteiger partial charge in [0.1, 0.15) is 19.4 Å². The maximum absolute atomic E-state index is 12.2. The summed E-state index contributed by atoms with van der Waals surface area (Å²) >= 11 is 0. The molecule has 2 aromatic rings. The highest BCUT2D eigenvalue weighted by Crippen LogP contribution is 2.44. The molecule has 2 aromatic carbocycles. The number of rotatable bonds is 4. The van der Waals surface area contributed by atoms with Gasteiger partial charge in [-0.2, -0.15) is 0 Å². The number of fused-ring (bicyclic) bond motifs is 3. The molecule has 0 saturated carbocycles. The molecular weight excluding hydrogens is 356 g/mol. The van der Waals surface area contributed by atoms with E-state index in [9.17, 15) is 14.7 Å². The quantitative estimate of drug-likeness (QED) is 0.855. The van der Waals surface area contributed by atoms with E-state index < -0.39 is 12.3 Å². The van der Waals surface area contributed by atoms with Crippen LogP contribution in [0.4, 0.5) is 4.79 Å². The first-order valence-electron chi connectivity index (χ1n) is 9.71. The van der Waals surface area contributed by atoms with Crippen molar-refractivity contribution in [2.75, 3.05) is 19.7 Å². The topological polar surface area (TPSA) is 78.9 Å². The van der Waals surface area contributed by atoms with Gasteiger partial charge in [-0.15, -0.1) is 0 Å². The number of piperidine rings is 1. The Balaban J connectivity index is 1.34. The van der Waals surface area contributed by atoms with Crippen molar-refractivity contribution in [3.05, 3.63) is 59.7 Å². The van der Waals surface area contributed by atoms with E-state index in [2.05, 4.69) is 29.6 Å². The molecule has 4 rings (SSSR count). The molecule has 2 N–H and O–H groups in total. The van der Waals surface area contributed by atoms with Crippen molar-refractivity contribution in [2.45, 2.75) is 31.4 Å². The highest BCUT2D eigenvalue weighted by Gasteiger charge is 2.29. The minimum atomic E-state index is -0.759. The number of hydrogen-bond donors (Lipinski definition) is 2. The molecule has 0 bridgehead atoms. The Morgan fingerprint density at radius 2 is 1.68 bits per heavy atom. The van der Waals surface area contributed by atoms with Gasteiger partial charge in [-0.05, 0) is 41.5 Å². The number of carbonyl (C=O) groups excluding carboxylic acids is 2. The second-order valence-corrected chi connectivity index (χ2v) is 7.24. The molecule has 1 unspecified atom stereocenters. The van der Waals surface area contributed by atoms with E-state index in [1.54, 1.807) is 0 Å². The van der Waals surface area contributed by atoms with Crippen LogP contribution in [0, 0.1) is 0 Å². The Labute approximate surface area is 164 Å². The Kier molecular flexibility index (Phi) is 5.30. The van der Waals surface area contributed by atoms with Crippen LogP contribution in [0.5, 0.6) is 0 Å². The number of alkyl carbamates (subject to hydrolysis) is 1. The zero-order valence-electron chi connectivity index (χ0n) is 15.6. The third-order valence-corrected chi connectivity index (χ3v) is 5.52. The van der Waals surface area contributed by atoms with Crippen molar-refractivity contribution in [1.29, 1.82) is 0 Å². The summed E-state index contributed by atoms with van der Waals surface area (Å²) in [5.41, 5.74) is 4.62. The second kappa shape index (κ2) is 8.02. The van der Waals surface area contributed by atoms with Gasteiger partial charge in [0.25, 0.3) is 0 Å². The average Bonchev–Trinajstić information content (AvgIpc) is 3.05. The molecule has 146 valence electrons. The molecule has 1 fully saturated rings. The number of ether oxygens (including phenoxy) is 1. The zero-order valence-corrected chi connectivity index (χ0v) is 15.6. The molecular formula is C22H24N2O4. The third kappa shape index (κ3) is 3.60. The summed E-state index contributed by atoms with van der Waals surface area (Å²) in [4.78, 5) is 25.7. The van der Waals surface area contributed by atoms with Crippen LogP contribution in [0.2, 0.25) is 0 Å². The number of carbonyl (C=O) groups is 2. The number of nitrogens with zero attached hydrogens (tertiary/aromatic N) is 1. The number of aliphatic hydroxyl groups excluding tert-OH is 1. The highest BCUT2D eigenvalue weighted by atomic mass is 16.5. The van der Waals surface area contributed by atoms with Crippen molar-refractivity contribution in [3.63, 3.8) is 0 Å². The minimum Gasteiger partial charge on any atom is -0.449 e. The number of likely N-dealkylation sites (tertiary alicyclic amines) is 1. The lowest BCUT2D eigenvalue weighted by molar-refractivity contribution is -0.143. The third-order valence-electron chi connectivity index (χ3n) is 5.52. The molecule has 1 atom stereocenters. The lowest BCUT2D eigenvalue weighted by atomic mass is 9.98. The monoisotopic (exact) mass is 380 g/mol. The van der Waals surface area contributed by atoms with E-state index in [0.717, 1.165) is 24.0 Å². The van der Waals surface area contributed by atoms with E-state index in [1.807, 2.05) is 24.3 Å². The van der Waals surface area contributed by atoms with Crippen LogP contribution in [0.15, 0.2) is 48.5 Å². The van der Waals surface area contributed by atoms with E-state index in [4.69, 9.17) is 4.74 Å². The van der Waals surface area contributed by atoms with Gasteiger partial charge in [-0.1, -0.05) is 48.5 Å². The van der Waals surface area contributed by atoms with E-state index >= 15 is 0 Å². The summed E-state index contributed by atoms with van der Waals surface area (Å²) in [5, 5.41) is 12.4. The average molecular weight is 380 g/mol. The summed E-state index contributed by atoms with van der Waals surface area (Å²) < 4.78 is 5.42. The van der Waals surface area contributed by atoms with Crippen molar-refractivity contribution < 1.29 is 19.4 Å². The fourth-order valence-corrected chi connectivity index (χ4v) is 4.10. The standard InChI is InChI=1S/C22H24N2O4/c25-20-11-5-6-12-24(20)21(26)13-23-22(27)28-14-19-17-9-3-1-7-15(17)16-8-2-4-10-18(16)19/h1-4,7-10,19-20,25H,5-6,11-14H2,(H,23,27). The SMILES string of the molecule is O=C(NCC(=O)N1CCCCC1O)OCC1c2ccccc2-c2ccccc21. The first-order valence-corrected chi connectivity index (χ1v) is 9.71. The van der Waals surface area contributed by atoms with Gasteiger partial charge in [0.15, 0.2) is 0 Å². The molecule has 6 heteroatoms. The minimum absolute atomic E-state index is 0.0160. The predicted octanol–water partition coefficient (Wildman–Crippen LogP) is 2.86. The lowest BCUT2D eigenvalue weighted by Gasteiger charge is -2.32. The van der Waals surface area contributed by atoms with Crippen molar-refractivity contribution >= 4 is 12.0 Å². The highest BCUT2D eigenvalue weighted by molar-refractivity contribution is 5.82. The van der Waals surface area contributed by atoms with Gasteiger partial charge in [-0.25, -0.2) is 4.79 Å². The van der Waals surface area contributed by atoms with Gasteiger partial charge in [-0.3, -0.25) is 4.79 Å². The van der Waals surface area contributed by atoms with Crippen LogP contribution in [0.25, 0.3) is 11.1 Å². The number of amides is 2. The largest absolute Gasteiger partial charge is 0.449 e. The number of aliphatic hydroxyl groups is 1. The van der Waals surface area contributed by atoms with Crippen molar-refractivity contribution in [3.8, 4) is 11.1 Å². The predicted molar refractivity (Wildman–Crippen MR) is 105 cm³/mol. The van der Waals surface area contributed by atoms with Gasteiger partial charge in [0.2, 0.25) is 5.91 Å². The smallest absolute Gasteiger partial charge is 0.407 e. The Morgan fingerprint density at radius 3 is 2.32 bits per heavy atom. The molecule has 1 saturated heterocycles. The molecule has 1 heterocycles. The maximum Gasteiger partial charge on any atom is 0.407 e. The lowest BCUT2D eigenvalue weighted by Crippen LogP contribution is -2.48. The molecule has 28 heavy (non-hydrogen) atoms. The second-order valence-electron chi connectivity index (χ2n) is 7.24. The first-order chi connectivity index (χ1) is 13.6. The van der Waals surface area contributed by atoms with E-state index in [-0.39, 0.29) is 25.0 Å². The summed E-state index contributed by atoms with van der Waals surface area (Å²) in [6.45, 7) is 0.556. The molecule has 6 nitrogen and oxygen atoms in total. The zero-order chi connectivity index (χ0) is 19.5. The fourth-order valence-electron chi connectivity index (χ4n) is 4.10. The number of hydrogen-bond acceptors (Lipinski definition) is 4. The van der Waals surface area contributed by atoms with Crippen molar-refractivity contribution in [1.82, 2.24) is 10.2 Å². The fraction of sp³-hybridized carbons (Fsp3) is 0.364. The van der Waals surface area contributed by atoms with Gasteiger partial charge in [0, 0.05) is 12.5 Å². The van der Waals surface area contributed by atoms with Crippen LogP contribution in [0.3, 0.4) is 0 Å². The molecule has 1 aliphatic heterocycles. The molecule has 2 amide bonds. The maximum atomic E-state index is 12.2. The van der Waals surface area contributed by atoms with E-state index in [0.29, 0.717) is 13.0 Å². The van der Waals surface area contributed by atoms with Crippen LogP contribution in [-0.2, 0) is 9.53 Å². The summed E-state index contributed by atoms with van der Waals surface area (Å²) in [5.74, 6) is -0.307. The first kappa shape index (κ1) is 18.5. The van der Waals surface area contributed by atoms with Crippen molar-refractivity contribution in [2.24, 2.45) is 0 Å². The summed E-state index contributed by atoms with van der Waals surface area (Å²) in [7, 11) is 0. The number of benzene rings is 2. The summed E-state index contributed by atoms with van der Waals surface area (Å²) in [6.07, 6.45) is 0.974. The van der Waals surface area contributed by atoms with Crippen LogP contribution in [0.1, 0.15) is 36.3 Å². The van der Waals surface area contributed by atoms with E-state index in [1.165, 1.54) is 16.0 Å². The van der Waals surface area contributed by atoms with Crippen LogP contribution in [-0.4, -0.2) is 47.9 Å². The van der Waals surface area contributed by atoms with Gasteiger partial charge >= 0.3 is 6.09 Å². The Bertz CT molecular complexity index is 837. The number of nitrogens with one attached hydrogen (secondary N) is 1. The Morgan fingerprint density at radius 1 is 1.04 bits per heavy atom. The van der Waals surface area contributed by atoms with Crippen LogP contribution >= 0.6 is 0 Å². The van der Waals surface area contributed by atoms with Gasteiger partial charge < -0.3 is 20.1 Å².